The molecule has 0 unspecified atom stereocenters. The Bertz CT molecular complexity index is 271. The lowest BCUT2D eigenvalue weighted by atomic mass is 9.85. The normalized spacial score (nSPS) is 24.6. The molecule has 1 aliphatic carbocycles. The second kappa shape index (κ2) is 6.59. The van der Waals surface area contributed by atoms with Crippen molar-refractivity contribution in [3.05, 3.63) is 0 Å². The van der Waals surface area contributed by atoms with E-state index in [2.05, 4.69) is 10.6 Å². The molecule has 0 aromatic rings. The number of primary amides is 1. The Balaban J connectivity index is 2.21. The first-order chi connectivity index (χ1) is 7.99. The van der Waals surface area contributed by atoms with Crippen molar-refractivity contribution in [2.45, 2.75) is 51.6 Å². The van der Waals surface area contributed by atoms with E-state index in [1.807, 2.05) is 13.8 Å². The molecule has 1 rings (SSSR count). The molecule has 0 aliphatic heterocycles. The van der Waals surface area contributed by atoms with Gasteiger partial charge in [0.05, 0.1) is 6.54 Å². The molecule has 17 heavy (non-hydrogen) atoms. The SMILES string of the molecule is CC(C)NCC(=O)NC1CCC(C(N)=O)CC1. The van der Waals surface area contributed by atoms with Crippen molar-refractivity contribution >= 4 is 11.8 Å². The van der Waals surface area contributed by atoms with Gasteiger partial charge >= 0.3 is 0 Å². The van der Waals surface area contributed by atoms with Crippen LogP contribution in [0.2, 0.25) is 0 Å². The summed E-state index contributed by atoms with van der Waals surface area (Å²) in [5.74, 6) is -0.186. The van der Waals surface area contributed by atoms with Crippen molar-refractivity contribution in [2.24, 2.45) is 11.7 Å². The van der Waals surface area contributed by atoms with Crippen LogP contribution in [0.3, 0.4) is 0 Å². The maximum absolute atomic E-state index is 11.6. The zero-order valence-corrected chi connectivity index (χ0v) is 10.7. The van der Waals surface area contributed by atoms with Crippen LogP contribution in [0.15, 0.2) is 0 Å². The van der Waals surface area contributed by atoms with E-state index in [-0.39, 0.29) is 23.8 Å². The number of nitrogens with one attached hydrogen (secondary N) is 2. The second-order valence-corrected chi connectivity index (χ2v) is 5.05. The summed E-state index contributed by atoms with van der Waals surface area (Å²) in [6.45, 7) is 4.37. The highest BCUT2D eigenvalue weighted by Crippen LogP contribution is 2.23. The molecular formula is C12H23N3O2. The van der Waals surface area contributed by atoms with Gasteiger partial charge in [-0.15, -0.1) is 0 Å². The van der Waals surface area contributed by atoms with E-state index < -0.39 is 0 Å². The van der Waals surface area contributed by atoms with Gasteiger partial charge in [-0.25, -0.2) is 0 Å². The second-order valence-electron chi connectivity index (χ2n) is 5.05. The predicted molar refractivity (Wildman–Crippen MR) is 66.2 cm³/mol. The van der Waals surface area contributed by atoms with Crippen molar-refractivity contribution in [2.75, 3.05) is 6.54 Å². The molecule has 0 aromatic carbocycles. The molecular weight excluding hydrogens is 218 g/mol. The Kier molecular flexibility index (Phi) is 5.41. The maximum atomic E-state index is 11.6. The van der Waals surface area contributed by atoms with Crippen molar-refractivity contribution in [3.63, 3.8) is 0 Å². The van der Waals surface area contributed by atoms with Crippen LogP contribution >= 0.6 is 0 Å². The molecule has 0 saturated heterocycles. The summed E-state index contributed by atoms with van der Waals surface area (Å²) in [5.41, 5.74) is 5.26. The lowest BCUT2D eigenvalue weighted by Gasteiger charge is -2.27. The van der Waals surface area contributed by atoms with Crippen LogP contribution < -0.4 is 16.4 Å². The largest absolute Gasteiger partial charge is 0.369 e. The number of hydrogen-bond donors (Lipinski definition) is 3. The molecule has 1 fully saturated rings. The molecule has 0 atom stereocenters. The van der Waals surface area contributed by atoms with Gasteiger partial charge in [-0.05, 0) is 25.7 Å². The number of carbonyl (C=O) groups excluding carboxylic acids is 2. The van der Waals surface area contributed by atoms with Crippen molar-refractivity contribution in [1.29, 1.82) is 0 Å². The monoisotopic (exact) mass is 241 g/mol. The van der Waals surface area contributed by atoms with E-state index in [9.17, 15) is 9.59 Å². The van der Waals surface area contributed by atoms with Crippen LogP contribution in [-0.4, -0.2) is 30.4 Å². The van der Waals surface area contributed by atoms with Gasteiger partial charge in [0.1, 0.15) is 0 Å². The zero-order chi connectivity index (χ0) is 12.8. The van der Waals surface area contributed by atoms with Crippen LogP contribution in [0.1, 0.15) is 39.5 Å². The molecule has 0 spiro atoms. The fourth-order valence-corrected chi connectivity index (χ4v) is 2.10. The summed E-state index contributed by atoms with van der Waals surface area (Å²) in [6, 6.07) is 0.512. The number of amides is 2. The first kappa shape index (κ1) is 14.0. The average Bonchev–Trinajstić information content (AvgIpc) is 2.27. The lowest BCUT2D eigenvalue weighted by molar-refractivity contribution is -0.123. The molecule has 0 bridgehead atoms. The highest BCUT2D eigenvalue weighted by molar-refractivity contribution is 5.78. The van der Waals surface area contributed by atoms with Crippen LogP contribution in [0.4, 0.5) is 0 Å². The Labute approximate surface area is 103 Å². The van der Waals surface area contributed by atoms with Crippen LogP contribution in [0.5, 0.6) is 0 Å². The fourth-order valence-electron chi connectivity index (χ4n) is 2.10. The van der Waals surface area contributed by atoms with E-state index in [0.717, 1.165) is 25.7 Å². The first-order valence-electron chi connectivity index (χ1n) is 6.31. The standard InChI is InChI=1S/C12H23N3O2/c1-8(2)14-7-11(16)15-10-5-3-9(4-6-10)12(13)17/h8-10,14H,3-7H2,1-2H3,(H2,13,17)(H,15,16). The zero-order valence-electron chi connectivity index (χ0n) is 10.7. The Hall–Kier alpha value is -1.10. The molecule has 0 radical (unpaired) electrons. The van der Waals surface area contributed by atoms with Crippen LogP contribution in [0, 0.1) is 5.92 Å². The smallest absolute Gasteiger partial charge is 0.234 e. The van der Waals surface area contributed by atoms with Crippen LogP contribution in [-0.2, 0) is 9.59 Å². The van der Waals surface area contributed by atoms with Gasteiger partial charge in [0.2, 0.25) is 11.8 Å². The summed E-state index contributed by atoms with van der Waals surface area (Å²) >= 11 is 0. The number of carbonyl (C=O) groups is 2. The van der Waals surface area contributed by atoms with Crippen molar-refractivity contribution in [3.8, 4) is 0 Å². The minimum Gasteiger partial charge on any atom is -0.369 e. The van der Waals surface area contributed by atoms with Crippen LogP contribution in [0.25, 0.3) is 0 Å². The molecule has 0 aromatic heterocycles. The van der Waals surface area contributed by atoms with E-state index in [0.29, 0.717) is 12.6 Å². The first-order valence-corrected chi connectivity index (χ1v) is 6.31. The third kappa shape index (κ3) is 5.17. The number of nitrogens with two attached hydrogens (primary N) is 1. The topological polar surface area (TPSA) is 84.2 Å². The van der Waals surface area contributed by atoms with E-state index in [1.165, 1.54) is 0 Å². The molecule has 4 N–H and O–H groups in total. The van der Waals surface area contributed by atoms with E-state index in [4.69, 9.17) is 5.73 Å². The predicted octanol–water partition coefficient (Wildman–Crippen LogP) is 0.145. The summed E-state index contributed by atoms with van der Waals surface area (Å²) in [7, 11) is 0. The molecule has 5 heteroatoms. The van der Waals surface area contributed by atoms with Crippen molar-refractivity contribution < 1.29 is 9.59 Å². The van der Waals surface area contributed by atoms with Gasteiger partial charge in [-0.3, -0.25) is 9.59 Å². The number of rotatable bonds is 5. The summed E-state index contributed by atoms with van der Waals surface area (Å²) in [5, 5.41) is 6.06. The molecule has 5 nitrogen and oxygen atoms in total. The minimum atomic E-state index is -0.212. The van der Waals surface area contributed by atoms with Gasteiger partial charge in [-0.2, -0.15) is 0 Å². The van der Waals surface area contributed by atoms with E-state index >= 15 is 0 Å². The van der Waals surface area contributed by atoms with Gasteiger partial charge in [-0.1, -0.05) is 13.8 Å². The quantitative estimate of drug-likeness (QED) is 0.640. The Morgan fingerprint density at radius 3 is 2.29 bits per heavy atom. The summed E-state index contributed by atoms with van der Waals surface area (Å²) < 4.78 is 0. The maximum Gasteiger partial charge on any atom is 0.234 e. The molecule has 2 amide bonds. The number of hydrogen-bond acceptors (Lipinski definition) is 3. The Morgan fingerprint density at radius 2 is 1.82 bits per heavy atom. The Morgan fingerprint density at radius 1 is 1.24 bits per heavy atom. The molecule has 1 saturated carbocycles. The molecule has 0 heterocycles. The fraction of sp³-hybridized carbons (Fsp3) is 0.833. The molecule has 98 valence electrons. The third-order valence-electron chi connectivity index (χ3n) is 3.17. The highest BCUT2D eigenvalue weighted by Gasteiger charge is 2.25. The van der Waals surface area contributed by atoms with E-state index in [1.54, 1.807) is 0 Å². The van der Waals surface area contributed by atoms with Crippen molar-refractivity contribution in [1.82, 2.24) is 10.6 Å². The van der Waals surface area contributed by atoms with Gasteiger partial charge in [0, 0.05) is 18.0 Å². The average molecular weight is 241 g/mol. The van der Waals surface area contributed by atoms with Gasteiger partial charge < -0.3 is 16.4 Å². The van der Waals surface area contributed by atoms with Gasteiger partial charge in [0.25, 0.3) is 0 Å². The lowest BCUT2D eigenvalue weighted by Crippen LogP contribution is -2.44. The van der Waals surface area contributed by atoms with Gasteiger partial charge in [0.15, 0.2) is 0 Å². The highest BCUT2D eigenvalue weighted by atomic mass is 16.2. The minimum absolute atomic E-state index is 0.00283. The summed E-state index contributed by atoms with van der Waals surface area (Å²) in [6.07, 6.45) is 3.28. The summed E-state index contributed by atoms with van der Waals surface area (Å²) in [4.78, 5) is 22.6. The third-order valence-corrected chi connectivity index (χ3v) is 3.17. The molecule has 1 aliphatic rings.